The van der Waals surface area contributed by atoms with Crippen molar-refractivity contribution in [3.05, 3.63) is 64.7 Å². The number of carbonyl (C=O) groups excluding carboxylic acids is 4. The van der Waals surface area contributed by atoms with Gasteiger partial charge in [-0.1, -0.05) is 12.1 Å². The van der Waals surface area contributed by atoms with Crippen LogP contribution in [0.4, 0.5) is 5.69 Å². The maximum absolute atomic E-state index is 12.5. The highest BCUT2D eigenvalue weighted by Gasteiger charge is 2.37. The molecule has 0 aromatic heterocycles. The van der Waals surface area contributed by atoms with Crippen LogP contribution in [0.5, 0.6) is 0 Å². The molecule has 3 rings (SSSR count). The Morgan fingerprint density at radius 1 is 0.958 bits per heavy atom. The molecule has 0 saturated heterocycles. The van der Waals surface area contributed by atoms with Crippen molar-refractivity contribution in [2.24, 2.45) is 0 Å². The SMILES string of the molecule is COC(=O)c1cccc(N2C(=O)c3ccc(C(=O)[O-])cc3C2=O)c1. The number of benzene rings is 2. The summed E-state index contributed by atoms with van der Waals surface area (Å²) in [6.45, 7) is 0. The van der Waals surface area contributed by atoms with Gasteiger partial charge in [0.15, 0.2) is 0 Å². The van der Waals surface area contributed by atoms with Crippen LogP contribution in [-0.2, 0) is 4.74 Å². The maximum Gasteiger partial charge on any atom is 0.337 e. The first-order valence-electron chi connectivity index (χ1n) is 6.86. The van der Waals surface area contributed by atoms with Crippen molar-refractivity contribution in [1.82, 2.24) is 0 Å². The molecular weight excluding hydrogens is 314 g/mol. The molecule has 7 heteroatoms. The van der Waals surface area contributed by atoms with Crippen LogP contribution < -0.4 is 10.0 Å². The zero-order chi connectivity index (χ0) is 17.4. The van der Waals surface area contributed by atoms with E-state index in [1.165, 1.54) is 43.5 Å². The summed E-state index contributed by atoms with van der Waals surface area (Å²) in [7, 11) is 1.22. The van der Waals surface area contributed by atoms with E-state index in [0.717, 1.165) is 11.0 Å². The van der Waals surface area contributed by atoms with Gasteiger partial charge in [-0.3, -0.25) is 9.59 Å². The second kappa shape index (κ2) is 5.62. The van der Waals surface area contributed by atoms with Crippen LogP contribution >= 0.6 is 0 Å². The number of ether oxygens (including phenoxy) is 1. The molecular formula is C17H10NO6-. The number of nitrogens with zero attached hydrogens (tertiary/aromatic N) is 1. The second-order valence-electron chi connectivity index (χ2n) is 5.04. The molecule has 2 aromatic rings. The van der Waals surface area contributed by atoms with E-state index >= 15 is 0 Å². The Morgan fingerprint density at radius 2 is 1.67 bits per heavy atom. The van der Waals surface area contributed by atoms with E-state index in [0.29, 0.717) is 0 Å². The summed E-state index contributed by atoms with van der Waals surface area (Å²) in [5.41, 5.74) is 0.250. The number of methoxy groups -OCH3 is 1. The number of anilines is 1. The Kier molecular flexibility index (Phi) is 3.61. The van der Waals surface area contributed by atoms with Crippen molar-refractivity contribution in [3.63, 3.8) is 0 Å². The first-order chi connectivity index (χ1) is 11.4. The minimum atomic E-state index is -1.44. The molecule has 2 amide bonds. The summed E-state index contributed by atoms with van der Waals surface area (Å²) < 4.78 is 4.61. The summed E-state index contributed by atoms with van der Waals surface area (Å²) >= 11 is 0. The highest BCUT2D eigenvalue weighted by atomic mass is 16.5. The third kappa shape index (κ3) is 2.32. The predicted octanol–water partition coefficient (Wildman–Crippen LogP) is 0.637. The fraction of sp³-hybridized carbons (Fsp3) is 0.0588. The van der Waals surface area contributed by atoms with Crippen molar-refractivity contribution in [3.8, 4) is 0 Å². The number of carbonyl (C=O) groups is 4. The molecule has 1 aliphatic rings. The van der Waals surface area contributed by atoms with E-state index in [1.54, 1.807) is 0 Å². The molecule has 0 spiro atoms. The zero-order valence-corrected chi connectivity index (χ0v) is 12.4. The maximum atomic E-state index is 12.5. The molecule has 0 bridgehead atoms. The van der Waals surface area contributed by atoms with E-state index in [4.69, 9.17) is 0 Å². The Balaban J connectivity index is 2.05. The number of carboxylic acids is 1. The van der Waals surface area contributed by atoms with E-state index in [1.807, 2.05) is 0 Å². The van der Waals surface area contributed by atoms with E-state index in [9.17, 15) is 24.3 Å². The van der Waals surface area contributed by atoms with Gasteiger partial charge < -0.3 is 14.6 Å². The Labute approximate surface area is 136 Å². The molecule has 0 radical (unpaired) electrons. The molecule has 7 nitrogen and oxygen atoms in total. The van der Waals surface area contributed by atoms with Gasteiger partial charge >= 0.3 is 5.97 Å². The largest absolute Gasteiger partial charge is 0.545 e. The number of carboxylic acid groups (broad SMARTS) is 1. The lowest BCUT2D eigenvalue weighted by molar-refractivity contribution is -0.255. The third-order valence-corrected chi connectivity index (χ3v) is 3.65. The fourth-order valence-electron chi connectivity index (χ4n) is 2.49. The normalized spacial score (nSPS) is 13.0. The lowest BCUT2D eigenvalue weighted by atomic mass is 10.1. The average molecular weight is 324 g/mol. The number of hydrogen-bond acceptors (Lipinski definition) is 6. The Hall–Kier alpha value is -3.48. The lowest BCUT2D eigenvalue weighted by Crippen LogP contribution is -2.29. The number of imide groups is 1. The van der Waals surface area contributed by atoms with Gasteiger partial charge in [-0.15, -0.1) is 0 Å². The lowest BCUT2D eigenvalue weighted by Gasteiger charge is -2.14. The quantitative estimate of drug-likeness (QED) is 0.606. The highest BCUT2D eigenvalue weighted by molar-refractivity contribution is 6.34. The minimum absolute atomic E-state index is 0.0230. The van der Waals surface area contributed by atoms with E-state index in [-0.39, 0.29) is 27.9 Å². The van der Waals surface area contributed by atoms with Gasteiger partial charge in [0.05, 0.1) is 35.5 Å². The molecule has 0 unspecified atom stereocenters. The van der Waals surface area contributed by atoms with Crippen LogP contribution in [-0.4, -0.2) is 30.9 Å². The molecule has 24 heavy (non-hydrogen) atoms. The summed E-state index contributed by atoms with van der Waals surface area (Å²) in [6.07, 6.45) is 0. The molecule has 1 heterocycles. The summed E-state index contributed by atoms with van der Waals surface area (Å²) in [4.78, 5) is 48.4. The summed E-state index contributed by atoms with van der Waals surface area (Å²) in [6, 6.07) is 9.42. The first-order valence-corrected chi connectivity index (χ1v) is 6.86. The van der Waals surface area contributed by atoms with Gasteiger partial charge in [0, 0.05) is 0 Å². The van der Waals surface area contributed by atoms with Crippen LogP contribution in [0.25, 0.3) is 0 Å². The van der Waals surface area contributed by atoms with Gasteiger partial charge in [-0.25, -0.2) is 9.69 Å². The minimum Gasteiger partial charge on any atom is -0.545 e. The van der Waals surface area contributed by atoms with Crippen LogP contribution in [0.15, 0.2) is 42.5 Å². The molecule has 0 aliphatic carbocycles. The molecule has 0 fully saturated rings. The molecule has 0 saturated carbocycles. The number of esters is 1. The fourth-order valence-corrected chi connectivity index (χ4v) is 2.49. The van der Waals surface area contributed by atoms with Gasteiger partial charge in [0.1, 0.15) is 0 Å². The number of fused-ring (bicyclic) bond motifs is 1. The number of aromatic carboxylic acids is 1. The number of amides is 2. The Bertz CT molecular complexity index is 902. The van der Waals surface area contributed by atoms with Gasteiger partial charge in [-0.2, -0.15) is 0 Å². The highest BCUT2D eigenvalue weighted by Crippen LogP contribution is 2.29. The van der Waals surface area contributed by atoms with Crippen molar-refractivity contribution >= 4 is 29.4 Å². The number of rotatable bonds is 3. The number of hydrogen-bond donors (Lipinski definition) is 0. The standard InChI is InChI=1S/C17H11NO6/c1-24-17(23)10-3-2-4-11(7-10)18-14(19)12-6-5-9(16(21)22)8-13(12)15(18)20/h2-8H,1H3,(H,21,22)/p-1. The van der Waals surface area contributed by atoms with E-state index < -0.39 is 23.8 Å². The van der Waals surface area contributed by atoms with E-state index in [2.05, 4.69) is 4.74 Å². The van der Waals surface area contributed by atoms with Gasteiger partial charge in [0.25, 0.3) is 11.8 Å². The second-order valence-corrected chi connectivity index (χ2v) is 5.04. The monoisotopic (exact) mass is 324 g/mol. The predicted molar refractivity (Wildman–Crippen MR) is 79.7 cm³/mol. The molecule has 2 aromatic carbocycles. The van der Waals surface area contributed by atoms with Crippen LogP contribution in [0.3, 0.4) is 0 Å². The van der Waals surface area contributed by atoms with Crippen molar-refractivity contribution in [2.75, 3.05) is 12.0 Å². The average Bonchev–Trinajstić information content (AvgIpc) is 2.84. The van der Waals surface area contributed by atoms with Crippen LogP contribution in [0, 0.1) is 0 Å². The van der Waals surface area contributed by atoms with Gasteiger partial charge in [-0.05, 0) is 35.9 Å². The van der Waals surface area contributed by atoms with Crippen LogP contribution in [0.2, 0.25) is 0 Å². The van der Waals surface area contributed by atoms with Crippen molar-refractivity contribution < 1.29 is 29.0 Å². The van der Waals surface area contributed by atoms with Crippen molar-refractivity contribution in [2.45, 2.75) is 0 Å². The zero-order valence-electron chi connectivity index (χ0n) is 12.4. The first kappa shape index (κ1) is 15.4. The molecule has 120 valence electrons. The van der Waals surface area contributed by atoms with Crippen molar-refractivity contribution in [1.29, 1.82) is 0 Å². The summed E-state index contributed by atoms with van der Waals surface area (Å²) in [5.74, 6) is -3.31. The molecule has 0 atom stereocenters. The summed E-state index contributed by atoms with van der Waals surface area (Å²) in [5, 5.41) is 10.9. The van der Waals surface area contributed by atoms with Gasteiger partial charge in [0.2, 0.25) is 0 Å². The topological polar surface area (TPSA) is 104 Å². The molecule has 1 aliphatic heterocycles. The Morgan fingerprint density at radius 3 is 2.33 bits per heavy atom. The van der Waals surface area contributed by atoms with Crippen LogP contribution in [0.1, 0.15) is 41.4 Å². The smallest absolute Gasteiger partial charge is 0.337 e. The third-order valence-electron chi connectivity index (χ3n) is 3.65. The molecule has 0 N–H and O–H groups in total.